The van der Waals surface area contributed by atoms with E-state index in [0.29, 0.717) is 21.9 Å². The molecule has 0 aliphatic heterocycles. The predicted octanol–water partition coefficient (Wildman–Crippen LogP) is 3.51. The Labute approximate surface area is 90.6 Å². The van der Waals surface area contributed by atoms with Gasteiger partial charge in [0.25, 0.3) is 6.01 Å². The maximum absolute atomic E-state index is 5.72. The van der Waals surface area contributed by atoms with Gasteiger partial charge in [-0.2, -0.15) is 0 Å². The van der Waals surface area contributed by atoms with Crippen LogP contribution in [0.1, 0.15) is 0 Å². The first-order chi connectivity index (χ1) is 6.74. The summed E-state index contributed by atoms with van der Waals surface area (Å²) in [6.07, 6.45) is 1.48. The van der Waals surface area contributed by atoms with Crippen LogP contribution < -0.4 is 4.74 Å². The molecule has 0 radical (unpaired) electrons. The molecular weight excluding hydrogens is 223 g/mol. The minimum atomic E-state index is 0.359. The summed E-state index contributed by atoms with van der Waals surface area (Å²) in [4.78, 5) is 6.63. The monoisotopic (exact) mass is 228 g/mol. The number of benzene rings is 1. The molecule has 0 saturated carbocycles. The van der Waals surface area contributed by atoms with E-state index in [9.17, 15) is 0 Å². The van der Waals surface area contributed by atoms with E-state index in [2.05, 4.69) is 9.97 Å². The standard InChI is InChI=1S/C9H6Cl2N2O/c10-6-1-3-7(4-2-6)14-9-12-5-8(11)13-9/h1-5H,(H,12,13). The molecule has 0 amide bonds. The van der Waals surface area contributed by atoms with Crippen molar-refractivity contribution in [2.24, 2.45) is 0 Å². The van der Waals surface area contributed by atoms with Gasteiger partial charge in [0.05, 0.1) is 6.20 Å². The normalized spacial score (nSPS) is 10.1. The number of aromatic amines is 1. The predicted molar refractivity (Wildman–Crippen MR) is 55.1 cm³/mol. The summed E-state index contributed by atoms with van der Waals surface area (Å²) < 4.78 is 5.34. The van der Waals surface area contributed by atoms with Crippen molar-refractivity contribution in [3.05, 3.63) is 40.6 Å². The molecule has 14 heavy (non-hydrogen) atoms. The molecule has 0 bridgehead atoms. The van der Waals surface area contributed by atoms with E-state index in [4.69, 9.17) is 27.9 Å². The molecule has 0 spiro atoms. The molecule has 2 aromatic rings. The van der Waals surface area contributed by atoms with E-state index in [0.717, 1.165) is 0 Å². The van der Waals surface area contributed by atoms with Crippen molar-refractivity contribution in [3.8, 4) is 11.8 Å². The van der Waals surface area contributed by atoms with E-state index < -0.39 is 0 Å². The molecule has 1 aromatic carbocycles. The van der Waals surface area contributed by atoms with Crippen molar-refractivity contribution >= 4 is 23.2 Å². The molecule has 0 aliphatic carbocycles. The van der Waals surface area contributed by atoms with Crippen LogP contribution in [0, 0.1) is 0 Å². The summed E-state index contributed by atoms with van der Waals surface area (Å²) in [5, 5.41) is 1.10. The van der Waals surface area contributed by atoms with E-state index in [1.807, 2.05) is 0 Å². The average Bonchev–Trinajstić information content (AvgIpc) is 2.56. The minimum Gasteiger partial charge on any atom is -0.426 e. The summed E-state index contributed by atoms with van der Waals surface area (Å²) >= 11 is 11.4. The van der Waals surface area contributed by atoms with E-state index in [-0.39, 0.29) is 0 Å². The first-order valence-corrected chi connectivity index (χ1v) is 4.63. The molecule has 72 valence electrons. The largest absolute Gasteiger partial charge is 0.426 e. The molecule has 1 N–H and O–H groups in total. The molecule has 0 saturated heterocycles. The molecular formula is C9H6Cl2N2O. The first kappa shape index (κ1) is 9.37. The Bertz CT molecular complexity index is 425. The molecule has 0 unspecified atom stereocenters. The number of nitrogens with one attached hydrogen (secondary N) is 1. The maximum Gasteiger partial charge on any atom is 0.300 e. The summed E-state index contributed by atoms with van der Waals surface area (Å²) in [5.41, 5.74) is 0. The number of rotatable bonds is 2. The minimum absolute atomic E-state index is 0.359. The summed E-state index contributed by atoms with van der Waals surface area (Å²) in [6, 6.07) is 7.33. The Morgan fingerprint density at radius 1 is 1.14 bits per heavy atom. The quantitative estimate of drug-likeness (QED) is 0.855. The fourth-order valence-electron chi connectivity index (χ4n) is 0.948. The lowest BCUT2D eigenvalue weighted by molar-refractivity contribution is 0.447. The number of nitrogens with zero attached hydrogens (tertiary/aromatic N) is 1. The fourth-order valence-corrected chi connectivity index (χ4v) is 1.20. The second-order valence-corrected chi connectivity index (χ2v) is 3.44. The second kappa shape index (κ2) is 3.90. The second-order valence-electron chi connectivity index (χ2n) is 2.59. The zero-order valence-electron chi connectivity index (χ0n) is 7.00. The smallest absolute Gasteiger partial charge is 0.300 e. The Morgan fingerprint density at radius 3 is 2.43 bits per heavy atom. The van der Waals surface area contributed by atoms with Gasteiger partial charge in [0, 0.05) is 5.02 Å². The Balaban J connectivity index is 2.15. The van der Waals surface area contributed by atoms with Gasteiger partial charge in [0.1, 0.15) is 10.9 Å². The van der Waals surface area contributed by atoms with Crippen LogP contribution in [0.15, 0.2) is 30.5 Å². The topological polar surface area (TPSA) is 37.9 Å². The van der Waals surface area contributed by atoms with Crippen molar-refractivity contribution in [3.63, 3.8) is 0 Å². The summed E-state index contributed by atoms with van der Waals surface area (Å²) in [6.45, 7) is 0. The number of halogens is 2. The molecule has 2 rings (SSSR count). The average molecular weight is 229 g/mol. The van der Waals surface area contributed by atoms with E-state index in [1.54, 1.807) is 24.3 Å². The van der Waals surface area contributed by atoms with Crippen LogP contribution in [0.5, 0.6) is 11.8 Å². The molecule has 5 heteroatoms. The zero-order chi connectivity index (χ0) is 9.97. The lowest BCUT2D eigenvalue weighted by Crippen LogP contribution is -1.84. The van der Waals surface area contributed by atoms with Crippen molar-refractivity contribution in [1.29, 1.82) is 0 Å². The van der Waals surface area contributed by atoms with Gasteiger partial charge in [-0.25, -0.2) is 4.98 Å². The Morgan fingerprint density at radius 2 is 1.86 bits per heavy atom. The number of imidazole rings is 1. The van der Waals surface area contributed by atoms with Gasteiger partial charge in [-0.1, -0.05) is 23.2 Å². The van der Waals surface area contributed by atoms with Crippen molar-refractivity contribution in [2.45, 2.75) is 0 Å². The van der Waals surface area contributed by atoms with Gasteiger partial charge in [-0.15, -0.1) is 0 Å². The van der Waals surface area contributed by atoms with Crippen LogP contribution in [-0.4, -0.2) is 9.97 Å². The van der Waals surface area contributed by atoms with Crippen LogP contribution in [0.25, 0.3) is 0 Å². The van der Waals surface area contributed by atoms with Crippen LogP contribution >= 0.6 is 23.2 Å². The van der Waals surface area contributed by atoms with Gasteiger partial charge in [-0.05, 0) is 24.3 Å². The highest BCUT2D eigenvalue weighted by Crippen LogP contribution is 2.21. The third-order valence-electron chi connectivity index (χ3n) is 1.55. The zero-order valence-corrected chi connectivity index (χ0v) is 8.51. The number of aromatic nitrogens is 2. The first-order valence-electron chi connectivity index (χ1n) is 3.88. The van der Waals surface area contributed by atoms with Crippen LogP contribution in [-0.2, 0) is 0 Å². The van der Waals surface area contributed by atoms with Crippen molar-refractivity contribution < 1.29 is 4.74 Å². The number of hydrogen-bond donors (Lipinski definition) is 1. The van der Waals surface area contributed by atoms with Gasteiger partial charge in [0.2, 0.25) is 0 Å². The Kier molecular flexibility index (Phi) is 2.61. The van der Waals surface area contributed by atoms with E-state index >= 15 is 0 Å². The fraction of sp³-hybridized carbons (Fsp3) is 0. The summed E-state index contributed by atoms with van der Waals surface area (Å²) in [7, 11) is 0. The summed E-state index contributed by atoms with van der Waals surface area (Å²) in [5.74, 6) is 0.653. The number of hydrogen-bond acceptors (Lipinski definition) is 2. The molecule has 0 atom stereocenters. The molecule has 1 aromatic heterocycles. The lowest BCUT2D eigenvalue weighted by atomic mass is 10.3. The van der Waals surface area contributed by atoms with E-state index in [1.165, 1.54) is 6.20 Å². The highest BCUT2D eigenvalue weighted by atomic mass is 35.5. The number of ether oxygens (including phenoxy) is 1. The third kappa shape index (κ3) is 2.19. The maximum atomic E-state index is 5.72. The highest BCUT2D eigenvalue weighted by molar-refractivity contribution is 6.30. The van der Waals surface area contributed by atoms with Gasteiger partial charge >= 0.3 is 0 Å². The van der Waals surface area contributed by atoms with Crippen LogP contribution in [0.3, 0.4) is 0 Å². The van der Waals surface area contributed by atoms with Crippen LogP contribution in [0.4, 0.5) is 0 Å². The van der Waals surface area contributed by atoms with Crippen LogP contribution in [0.2, 0.25) is 10.2 Å². The Hall–Kier alpha value is -1.19. The molecule has 3 nitrogen and oxygen atoms in total. The van der Waals surface area contributed by atoms with Gasteiger partial charge in [0.15, 0.2) is 0 Å². The lowest BCUT2D eigenvalue weighted by Gasteiger charge is -2.00. The highest BCUT2D eigenvalue weighted by Gasteiger charge is 2.00. The van der Waals surface area contributed by atoms with Gasteiger partial charge < -0.3 is 4.74 Å². The van der Waals surface area contributed by atoms with Crippen molar-refractivity contribution in [2.75, 3.05) is 0 Å². The number of H-pyrrole nitrogens is 1. The van der Waals surface area contributed by atoms with Crippen molar-refractivity contribution in [1.82, 2.24) is 9.97 Å². The molecule has 0 fully saturated rings. The van der Waals surface area contributed by atoms with Gasteiger partial charge in [-0.3, -0.25) is 4.98 Å². The third-order valence-corrected chi connectivity index (χ3v) is 1.99. The molecule has 1 heterocycles. The molecule has 0 aliphatic rings. The SMILES string of the molecule is Clc1ccc(Oc2ncc(Cl)[nH]2)cc1.